The van der Waals surface area contributed by atoms with Gasteiger partial charge in [0, 0.05) is 6.54 Å². The van der Waals surface area contributed by atoms with Crippen molar-refractivity contribution < 1.29 is 9.47 Å². The van der Waals surface area contributed by atoms with Gasteiger partial charge in [0.05, 0.1) is 5.02 Å². The lowest BCUT2D eigenvalue weighted by Gasteiger charge is -2.08. The van der Waals surface area contributed by atoms with Crippen LogP contribution in [0.15, 0.2) is 12.1 Å². The van der Waals surface area contributed by atoms with Gasteiger partial charge in [-0.2, -0.15) is 0 Å². The van der Waals surface area contributed by atoms with Crippen LogP contribution in [0, 0.1) is 5.92 Å². The molecule has 2 rings (SSSR count). The second kappa shape index (κ2) is 4.93. The standard InChI is InChI=1S/C12H16ClNO2/c1-8(2)5-14-6-9-3-10(13)12-11(4-9)15-7-16-12/h3-4,8,14H,5-7H2,1-2H3. The fourth-order valence-electron chi connectivity index (χ4n) is 1.63. The zero-order chi connectivity index (χ0) is 11.5. The second-order valence-electron chi connectivity index (χ2n) is 4.34. The van der Waals surface area contributed by atoms with Gasteiger partial charge < -0.3 is 14.8 Å². The predicted molar refractivity (Wildman–Crippen MR) is 64.1 cm³/mol. The van der Waals surface area contributed by atoms with E-state index in [1.54, 1.807) is 0 Å². The number of benzene rings is 1. The van der Waals surface area contributed by atoms with Crippen LogP contribution < -0.4 is 14.8 Å². The molecular weight excluding hydrogens is 226 g/mol. The van der Waals surface area contributed by atoms with E-state index in [1.165, 1.54) is 0 Å². The largest absolute Gasteiger partial charge is 0.454 e. The molecule has 1 aliphatic rings. The Hall–Kier alpha value is -0.930. The minimum atomic E-state index is 0.262. The number of halogens is 1. The van der Waals surface area contributed by atoms with Gasteiger partial charge in [-0.25, -0.2) is 0 Å². The van der Waals surface area contributed by atoms with Gasteiger partial charge in [-0.05, 0) is 30.2 Å². The average molecular weight is 242 g/mol. The monoisotopic (exact) mass is 241 g/mol. The summed E-state index contributed by atoms with van der Waals surface area (Å²) in [5.74, 6) is 2.05. The molecule has 0 amide bonds. The summed E-state index contributed by atoms with van der Waals surface area (Å²) in [6, 6.07) is 3.89. The Morgan fingerprint density at radius 1 is 1.38 bits per heavy atom. The zero-order valence-electron chi connectivity index (χ0n) is 9.55. The van der Waals surface area contributed by atoms with Gasteiger partial charge in [0.1, 0.15) is 0 Å². The fraction of sp³-hybridized carbons (Fsp3) is 0.500. The van der Waals surface area contributed by atoms with Crippen LogP contribution in [0.25, 0.3) is 0 Å². The molecule has 1 aliphatic heterocycles. The molecule has 0 saturated heterocycles. The van der Waals surface area contributed by atoms with Crippen LogP contribution in [0.4, 0.5) is 0 Å². The molecule has 0 aliphatic carbocycles. The summed E-state index contributed by atoms with van der Waals surface area (Å²) in [7, 11) is 0. The zero-order valence-corrected chi connectivity index (χ0v) is 10.3. The molecule has 0 atom stereocenters. The van der Waals surface area contributed by atoms with Crippen LogP contribution in [-0.2, 0) is 6.54 Å². The molecule has 16 heavy (non-hydrogen) atoms. The molecule has 1 aromatic carbocycles. The molecule has 1 aromatic rings. The Morgan fingerprint density at radius 2 is 2.19 bits per heavy atom. The van der Waals surface area contributed by atoms with E-state index in [1.807, 2.05) is 12.1 Å². The van der Waals surface area contributed by atoms with Crippen LogP contribution in [0.1, 0.15) is 19.4 Å². The highest BCUT2D eigenvalue weighted by Gasteiger charge is 2.17. The van der Waals surface area contributed by atoms with Gasteiger partial charge in [0.2, 0.25) is 6.79 Å². The number of fused-ring (bicyclic) bond motifs is 1. The lowest BCUT2D eigenvalue weighted by atomic mass is 10.2. The van der Waals surface area contributed by atoms with Gasteiger partial charge in [-0.1, -0.05) is 25.4 Å². The lowest BCUT2D eigenvalue weighted by molar-refractivity contribution is 0.174. The summed E-state index contributed by atoms with van der Waals surface area (Å²) < 4.78 is 10.6. The number of nitrogens with one attached hydrogen (secondary N) is 1. The topological polar surface area (TPSA) is 30.5 Å². The third kappa shape index (κ3) is 2.60. The van der Waals surface area contributed by atoms with Crippen molar-refractivity contribution in [2.75, 3.05) is 13.3 Å². The highest BCUT2D eigenvalue weighted by Crippen LogP contribution is 2.39. The quantitative estimate of drug-likeness (QED) is 0.879. The highest BCUT2D eigenvalue weighted by atomic mass is 35.5. The van der Waals surface area contributed by atoms with Gasteiger partial charge in [-0.3, -0.25) is 0 Å². The lowest BCUT2D eigenvalue weighted by Crippen LogP contribution is -2.18. The highest BCUT2D eigenvalue weighted by molar-refractivity contribution is 6.32. The molecule has 0 radical (unpaired) electrons. The first-order valence-corrected chi connectivity index (χ1v) is 5.83. The smallest absolute Gasteiger partial charge is 0.231 e. The van der Waals surface area contributed by atoms with Crippen molar-refractivity contribution in [3.8, 4) is 11.5 Å². The van der Waals surface area contributed by atoms with Gasteiger partial charge in [0.15, 0.2) is 11.5 Å². The molecular formula is C12H16ClNO2. The molecule has 0 fully saturated rings. The van der Waals surface area contributed by atoms with Crippen LogP contribution in [0.3, 0.4) is 0 Å². The van der Waals surface area contributed by atoms with Crippen LogP contribution in [-0.4, -0.2) is 13.3 Å². The summed E-state index contributed by atoms with van der Waals surface area (Å²) in [4.78, 5) is 0. The van der Waals surface area contributed by atoms with E-state index >= 15 is 0 Å². The Balaban J connectivity index is 2.03. The van der Waals surface area contributed by atoms with E-state index in [9.17, 15) is 0 Å². The normalized spacial score (nSPS) is 13.5. The number of hydrogen-bond donors (Lipinski definition) is 1. The first-order valence-electron chi connectivity index (χ1n) is 5.45. The summed E-state index contributed by atoms with van der Waals surface area (Å²) in [5, 5.41) is 3.99. The molecule has 1 heterocycles. The molecule has 0 unspecified atom stereocenters. The predicted octanol–water partition coefficient (Wildman–Crippen LogP) is 2.81. The maximum Gasteiger partial charge on any atom is 0.231 e. The molecule has 0 aromatic heterocycles. The Bertz CT molecular complexity index is 380. The van der Waals surface area contributed by atoms with Crippen molar-refractivity contribution in [3.05, 3.63) is 22.7 Å². The SMILES string of the molecule is CC(C)CNCc1cc(Cl)c2c(c1)OCO2. The van der Waals surface area contributed by atoms with E-state index in [-0.39, 0.29) is 6.79 Å². The van der Waals surface area contributed by atoms with E-state index in [2.05, 4.69) is 19.2 Å². The molecule has 0 spiro atoms. The van der Waals surface area contributed by atoms with Crippen molar-refractivity contribution in [1.29, 1.82) is 0 Å². The summed E-state index contributed by atoms with van der Waals surface area (Å²) in [5.41, 5.74) is 1.12. The van der Waals surface area contributed by atoms with Gasteiger partial charge in [-0.15, -0.1) is 0 Å². The summed E-state index contributed by atoms with van der Waals surface area (Å²) in [6.07, 6.45) is 0. The van der Waals surface area contributed by atoms with E-state index in [0.717, 1.165) is 24.4 Å². The summed E-state index contributed by atoms with van der Waals surface area (Å²) >= 11 is 6.08. The van der Waals surface area contributed by atoms with Gasteiger partial charge in [0.25, 0.3) is 0 Å². The van der Waals surface area contributed by atoms with Crippen molar-refractivity contribution in [1.82, 2.24) is 5.32 Å². The second-order valence-corrected chi connectivity index (χ2v) is 4.74. The van der Waals surface area contributed by atoms with Crippen molar-refractivity contribution in [3.63, 3.8) is 0 Å². The fourth-order valence-corrected chi connectivity index (χ4v) is 1.92. The molecule has 0 bridgehead atoms. The Morgan fingerprint density at radius 3 is 2.94 bits per heavy atom. The maximum atomic E-state index is 6.08. The first-order chi connectivity index (χ1) is 7.66. The minimum absolute atomic E-state index is 0.262. The van der Waals surface area contributed by atoms with E-state index in [0.29, 0.717) is 16.7 Å². The van der Waals surface area contributed by atoms with Crippen molar-refractivity contribution in [2.24, 2.45) is 5.92 Å². The minimum Gasteiger partial charge on any atom is -0.454 e. The van der Waals surface area contributed by atoms with Crippen LogP contribution in [0.5, 0.6) is 11.5 Å². The third-order valence-corrected chi connectivity index (χ3v) is 2.65. The Kier molecular flexibility index (Phi) is 3.56. The van der Waals surface area contributed by atoms with E-state index in [4.69, 9.17) is 21.1 Å². The Labute approximate surface area is 101 Å². The first kappa shape index (κ1) is 11.6. The van der Waals surface area contributed by atoms with Crippen LogP contribution in [0.2, 0.25) is 5.02 Å². The van der Waals surface area contributed by atoms with Crippen molar-refractivity contribution in [2.45, 2.75) is 20.4 Å². The molecule has 4 heteroatoms. The molecule has 0 saturated carbocycles. The number of rotatable bonds is 4. The molecule has 1 N–H and O–H groups in total. The molecule has 3 nitrogen and oxygen atoms in total. The van der Waals surface area contributed by atoms with Gasteiger partial charge >= 0.3 is 0 Å². The third-order valence-electron chi connectivity index (χ3n) is 2.37. The maximum absolute atomic E-state index is 6.08. The van der Waals surface area contributed by atoms with Crippen LogP contribution >= 0.6 is 11.6 Å². The number of hydrogen-bond acceptors (Lipinski definition) is 3. The van der Waals surface area contributed by atoms with Crippen molar-refractivity contribution >= 4 is 11.6 Å². The molecule has 88 valence electrons. The average Bonchev–Trinajstić information content (AvgIpc) is 2.65. The van der Waals surface area contributed by atoms with E-state index < -0.39 is 0 Å². The summed E-state index contributed by atoms with van der Waals surface area (Å²) in [6.45, 7) is 6.41. The number of ether oxygens (including phenoxy) is 2.